The summed E-state index contributed by atoms with van der Waals surface area (Å²) in [7, 11) is 0. The summed E-state index contributed by atoms with van der Waals surface area (Å²) in [6.45, 7) is 2.76. The van der Waals surface area contributed by atoms with Crippen LogP contribution in [-0.4, -0.2) is 42.4 Å². The molecule has 2 N–H and O–H groups in total. The van der Waals surface area contributed by atoms with Gasteiger partial charge in [0.25, 0.3) is 5.91 Å². The Balaban J connectivity index is 1.71. The predicted molar refractivity (Wildman–Crippen MR) is 106 cm³/mol. The molecule has 8 heteroatoms. The van der Waals surface area contributed by atoms with Crippen LogP contribution in [0.5, 0.6) is 5.75 Å². The zero-order valence-electron chi connectivity index (χ0n) is 16.9. The number of nitrogens with one attached hydrogen (secondary N) is 2. The summed E-state index contributed by atoms with van der Waals surface area (Å²) in [5.41, 5.74) is 0.569. The number of imide groups is 1. The molecule has 1 aromatic carbocycles. The lowest BCUT2D eigenvalue weighted by atomic mass is 9.96. The minimum atomic E-state index is -1.13. The number of esters is 1. The van der Waals surface area contributed by atoms with E-state index in [1.165, 1.54) is 6.92 Å². The molecule has 2 rings (SSSR count). The van der Waals surface area contributed by atoms with Crippen LogP contribution < -0.4 is 15.4 Å². The lowest BCUT2D eigenvalue weighted by molar-refractivity contribution is -0.156. The third-order valence-electron chi connectivity index (χ3n) is 4.71. The van der Waals surface area contributed by atoms with E-state index in [-0.39, 0.29) is 11.8 Å². The summed E-state index contributed by atoms with van der Waals surface area (Å²) < 4.78 is 10.3. The van der Waals surface area contributed by atoms with Gasteiger partial charge < -0.3 is 14.8 Å². The molecule has 0 radical (unpaired) electrons. The van der Waals surface area contributed by atoms with Crippen molar-refractivity contribution in [1.29, 1.82) is 0 Å². The molecule has 0 heterocycles. The van der Waals surface area contributed by atoms with Crippen molar-refractivity contribution in [1.82, 2.24) is 10.6 Å². The number of hydrogen-bond acceptors (Lipinski definition) is 6. The van der Waals surface area contributed by atoms with E-state index in [4.69, 9.17) is 9.47 Å². The lowest BCUT2D eigenvalue weighted by Crippen LogP contribution is -2.48. The summed E-state index contributed by atoms with van der Waals surface area (Å²) >= 11 is 0. The van der Waals surface area contributed by atoms with E-state index >= 15 is 0 Å². The summed E-state index contributed by atoms with van der Waals surface area (Å²) in [5, 5.41) is 4.95. The van der Waals surface area contributed by atoms with Crippen LogP contribution in [0, 0.1) is 0 Å². The number of rotatable bonds is 8. The van der Waals surface area contributed by atoms with Crippen molar-refractivity contribution < 1.29 is 28.7 Å². The number of urea groups is 1. The lowest BCUT2D eigenvalue weighted by Gasteiger charge is -2.23. The van der Waals surface area contributed by atoms with Crippen molar-refractivity contribution in [2.45, 2.75) is 64.5 Å². The topological polar surface area (TPSA) is 111 Å². The smallest absolute Gasteiger partial charge is 0.344 e. The van der Waals surface area contributed by atoms with Gasteiger partial charge >= 0.3 is 12.0 Å². The molecule has 1 atom stereocenters. The maximum atomic E-state index is 12.0. The van der Waals surface area contributed by atoms with E-state index in [1.54, 1.807) is 31.2 Å². The number of benzene rings is 1. The van der Waals surface area contributed by atoms with Crippen molar-refractivity contribution >= 4 is 23.7 Å². The fraction of sp³-hybridized carbons (Fsp3) is 0.524. The Morgan fingerprint density at radius 2 is 1.72 bits per heavy atom. The Morgan fingerprint density at radius 3 is 2.34 bits per heavy atom. The normalized spacial score (nSPS) is 15.1. The van der Waals surface area contributed by atoms with Crippen LogP contribution in [0.15, 0.2) is 24.3 Å². The first-order valence-electron chi connectivity index (χ1n) is 9.96. The second-order valence-corrected chi connectivity index (χ2v) is 7.02. The second-order valence-electron chi connectivity index (χ2n) is 7.02. The van der Waals surface area contributed by atoms with Gasteiger partial charge in [0.2, 0.25) is 0 Å². The SMILES string of the molecule is CCC(=O)c1ccc(OCC(=O)O[C@@H](C)C(=O)NC(=O)NC2CCCCC2)cc1. The Bertz CT molecular complexity index is 725. The number of Topliss-reactive ketones (excluding diaryl/α,β-unsaturated/α-hetero) is 1. The Morgan fingerprint density at radius 1 is 1.07 bits per heavy atom. The number of ketones is 1. The Hall–Kier alpha value is -2.90. The highest BCUT2D eigenvalue weighted by molar-refractivity contribution is 5.97. The van der Waals surface area contributed by atoms with E-state index in [9.17, 15) is 19.2 Å². The molecule has 1 aliphatic carbocycles. The van der Waals surface area contributed by atoms with Gasteiger partial charge in [0.05, 0.1) is 0 Å². The van der Waals surface area contributed by atoms with E-state index in [2.05, 4.69) is 10.6 Å². The molecule has 29 heavy (non-hydrogen) atoms. The van der Waals surface area contributed by atoms with Gasteiger partial charge in [-0.2, -0.15) is 0 Å². The molecule has 0 aromatic heterocycles. The van der Waals surface area contributed by atoms with Gasteiger partial charge in [-0.15, -0.1) is 0 Å². The monoisotopic (exact) mass is 404 g/mol. The number of ether oxygens (including phenoxy) is 2. The number of hydrogen-bond donors (Lipinski definition) is 2. The maximum absolute atomic E-state index is 12.0. The molecule has 8 nitrogen and oxygen atoms in total. The number of carbonyl (C=O) groups is 4. The van der Waals surface area contributed by atoms with Crippen LogP contribution in [-0.2, 0) is 14.3 Å². The molecule has 0 saturated heterocycles. The van der Waals surface area contributed by atoms with Gasteiger partial charge in [-0.25, -0.2) is 9.59 Å². The molecule has 158 valence electrons. The molecule has 3 amide bonds. The molecule has 0 unspecified atom stereocenters. The third-order valence-corrected chi connectivity index (χ3v) is 4.71. The van der Waals surface area contributed by atoms with Crippen LogP contribution >= 0.6 is 0 Å². The van der Waals surface area contributed by atoms with Crippen LogP contribution in [0.2, 0.25) is 0 Å². The molecule has 1 aliphatic rings. The number of carbonyl (C=O) groups excluding carboxylic acids is 4. The van der Waals surface area contributed by atoms with Crippen molar-refractivity contribution in [3.05, 3.63) is 29.8 Å². The van der Waals surface area contributed by atoms with Gasteiger partial charge in [-0.1, -0.05) is 26.2 Å². The van der Waals surface area contributed by atoms with Gasteiger partial charge in [0.15, 0.2) is 18.5 Å². The third kappa shape index (κ3) is 7.56. The first-order chi connectivity index (χ1) is 13.9. The first-order valence-corrected chi connectivity index (χ1v) is 9.96. The van der Waals surface area contributed by atoms with Crippen molar-refractivity contribution in [3.63, 3.8) is 0 Å². The summed E-state index contributed by atoms with van der Waals surface area (Å²) in [4.78, 5) is 47.4. The summed E-state index contributed by atoms with van der Waals surface area (Å²) in [6, 6.07) is 5.90. The number of amides is 3. The van der Waals surface area contributed by atoms with Crippen LogP contribution in [0.4, 0.5) is 4.79 Å². The van der Waals surface area contributed by atoms with Gasteiger partial charge in [-0.05, 0) is 44.0 Å². The second kappa shape index (κ2) is 11.2. The van der Waals surface area contributed by atoms with Crippen LogP contribution in [0.3, 0.4) is 0 Å². The highest BCUT2D eigenvalue weighted by Crippen LogP contribution is 2.17. The quantitative estimate of drug-likeness (QED) is 0.509. The zero-order valence-corrected chi connectivity index (χ0v) is 16.9. The average molecular weight is 404 g/mol. The van der Waals surface area contributed by atoms with Gasteiger partial charge in [0.1, 0.15) is 5.75 Å². The van der Waals surface area contributed by atoms with Crippen molar-refractivity contribution in [2.75, 3.05) is 6.61 Å². The largest absolute Gasteiger partial charge is 0.482 e. The Labute approximate surface area is 170 Å². The highest BCUT2D eigenvalue weighted by Gasteiger charge is 2.22. The molecule has 1 fully saturated rings. The zero-order chi connectivity index (χ0) is 21.2. The summed E-state index contributed by atoms with van der Waals surface area (Å²) in [6.07, 6.45) is 4.36. The van der Waals surface area contributed by atoms with Crippen molar-refractivity contribution in [2.24, 2.45) is 0 Å². The van der Waals surface area contributed by atoms with Crippen LogP contribution in [0.1, 0.15) is 62.7 Å². The fourth-order valence-corrected chi connectivity index (χ4v) is 3.05. The van der Waals surface area contributed by atoms with E-state index in [1.807, 2.05) is 0 Å². The maximum Gasteiger partial charge on any atom is 0.344 e. The average Bonchev–Trinajstić information content (AvgIpc) is 2.72. The summed E-state index contributed by atoms with van der Waals surface area (Å²) in [5.74, 6) is -1.02. The molecule has 1 aromatic rings. The minimum Gasteiger partial charge on any atom is -0.482 e. The standard InChI is InChI=1S/C21H28N2O6/c1-3-18(24)15-9-11-17(12-10-15)28-13-19(25)29-14(2)20(26)23-21(27)22-16-7-5-4-6-8-16/h9-12,14,16H,3-8,13H2,1-2H3,(H2,22,23,26,27)/t14-/m0/s1. The molecule has 1 saturated carbocycles. The van der Waals surface area contributed by atoms with E-state index in [0.29, 0.717) is 17.7 Å². The predicted octanol–water partition coefficient (Wildman–Crippen LogP) is 2.75. The molecular weight excluding hydrogens is 376 g/mol. The van der Waals surface area contributed by atoms with Gasteiger partial charge in [-0.3, -0.25) is 14.9 Å². The van der Waals surface area contributed by atoms with Crippen molar-refractivity contribution in [3.8, 4) is 5.75 Å². The minimum absolute atomic E-state index is 0.0170. The fourth-order valence-electron chi connectivity index (χ4n) is 3.05. The van der Waals surface area contributed by atoms with Crippen LogP contribution in [0.25, 0.3) is 0 Å². The molecule has 0 spiro atoms. The van der Waals surface area contributed by atoms with Gasteiger partial charge in [0, 0.05) is 18.0 Å². The molecular formula is C21H28N2O6. The molecule has 0 bridgehead atoms. The van der Waals surface area contributed by atoms with E-state index < -0.39 is 30.6 Å². The highest BCUT2D eigenvalue weighted by atomic mass is 16.6. The first kappa shape index (κ1) is 22.4. The van der Waals surface area contributed by atoms with E-state index in [0.717, 1.165) is 32.1 Å². The Kier molecular flexibility index (Phi) is 8.64. The molecule has 0 aliphatic heterocycles.